The number of hydrogen-bond donors (Lipinski definition) is 1. The third-order valence-electron chi connectivity index (χ3n) is 7.04. The van der Waals surface area contributed by atoms with Gasteiger partial charge in [-0.05, 0) is 43.2 Å². The maximum absolute atomic E-state index is 13.3. The lowest BCUT2D eigenvalue weighted by Crippen LogP contribution is -2.38. The zero-order valence-electron chi connectivity index (χ0n) is 19.4. The van der Waals surface area contributed by atoms with Crippen LogP contribution in [0.5, 0.6) is 0 Å². The van der Waals surface area contributed by atoms with Gasteiger partial charge in [0.05, 0.1) is 17.6 Å². The van der Waals surface area contributed by atoms with Crippen molar-refractivity contribution in [1.82, 2.24) is 10.2 Å². The highest BCUT2D eigenvalue weighted by Gasteiger charge is 2.41. The van der Waals surface area contributed by atoms with Crippen molar-refractivity contribution in [3.63, 3.8) is 0 Å². The first-order valence-corrected chi connectivity index (χ1v) is 13.9. The fourth-order valence-corrected chi connectivity index (χ4v) is 7.64. The van der Waals surface area contributed by atoms with E-state index in [2.05, 4.69) is 35.3 Å². The van der Waals surface area contributed by atoms with Gasteiger partial charge in [-0.1, -0.05) is 73.6 Å². The number of benzene rings is 1. The van der Waals surface area contributed by atoms with E-state index >= 15 is 0 Å². The molecule has 2 N–H and O–H groups in total. The van der Waals surface area contributed by atoms with E-state index in [9.17, 15) is 10.1 Å². The summed E-state index contributed by atoms with van der Waals surface area (Å²) in [5.41, 5.74) is 10.8. The van der Waals surface area contributed by atoms with E-state index < -0.39 is 5.92 Å². The van der Waals surface area contributed by atoms with E-state index in [-0.39, 0.29) is 5.78 Å². The summed E-state index contributed by atoms with van der Waals surface area (Å²) in [6.07, 6.45) is 9.23. The summed E-state index contributed by atoms with van der Waals surface area (Å²) in [6, 6.07) is 10.5. The Morgan fingerprint density at radius 1 is 1.15 bits per heavy atom. The number of Topliss-reactive ketones (excluding diaryl/α,β-unsaturated/α-hetero) is 1. The Bertz CT molecular complexity index is 1180. The monoisotopic (exact) mass is 491 g/mol. The summed E-state index contributed by atoms with van der Waals surface area (Å²) in [5, 5.41) is 20.3. The Kier molecular flexibility index (Phi) is 6.75. The second-order valence-corrected chi connectivity index (χ2v) is 11.6. The van der Waals surface area contributed by atoms with Gasteiger partial charge in [-0.15, -0.1) is 10.2 Å². The number of allylic oxidation sites excluding steroid dienone is 3. The van der Waals surface area contributed by atoms with Crippen LogP contribution in [-0.4, -0.2) is 21.2 Å². The van der Waals surface area contributed by atoms with Crippen LogP contribution in [-0.2, 0) is 11.2 Å². The third kappa shape index (κ3) is 4.27. The van der Waals surface area contributed by atoms with Crippen LogP contribution in [0.15, 0.2) is 51.3 Å². The van der Waals surface area contributed by atoms with Gasteiger partial charge in [0.1, 0.15) is 5.82 Å². The minimum absolute atomic E-state index is 0.0948. The summed E-state index contributed by atoms with van der Waals surface area (Å²) >= 11 is 3.31. The molecule has 0 saturated heterocycles. The molecular weight excluding hydrogens is 462 g/mol. The first-order chi connectivity index (χ1) is 16.6. The standard InChI is InChI=1S/C26H29N5OS2/c1-2-16-11-13-17(14-12-16)22-19(15-27)24(28)31(20-9-6-10-21(32)23(20)22)25-29-30-26(34-25)33-18-7-4-3-5-8-18/h11-14,18,22H,2-10,28H2,1H3. The quantitative estimate of drug-likeness (QED) is 0.562. The van der Waals surface area contributed by atoms with Crippen LogP contribution in [0, 0.1) is 11.3 Å². The van der Waals surface area contributed by atoms with E-state index in [1.54, 1.807) is 11.8 Å². The molecule has 1 saturated carbocycles. The normalized spacial score (nSPS) is 21.6. The Labute approximate surface area is 208 Å². The molecule has 1 unspecified atom stereocenters. The molecule has 1 aliphatic heterocycles. The highest BCUT2D eigenvalue weighted by molar-refractivity contribution is 8.01. The van der Waals surface area contributed by atoms with E-state index in [4.69, 9.17) is 5.73 Å². The third-order valence-corrected chi connectivity index (χ3v) is 9.37. The summed E-state index contributed by atoms with van der Waals surface area (Å²) in [5.74, 6) is 0.0298. The van der Waals surface area contributed by atoms with E-state index in [0.29, 0.717) is 33.8 Å². The molecule has 1 aromatic carbocycles. The average Bonchev–Trinajstić information content (AvgIpc) is 3.32. The average molecular weight is 492 g/mol. The Morgan fingerprint density at radius 2 is 1.91 bits per heavy atom. The molecule has 2 aromatic rings. The van der Waals surface area contributed by atoms with E-state index in [1.165, 1.54) is 49.0 Å². The number of aryl methyl sites for hydroxylation is 1. The van der Waals surface area contributed by atoms with Crippen molar-refractivity contribution < 1.29 is 4.79 Å². The molecule has 0 amide bonds. The minimum atomic E-state index is -0.432. The molecule has 0 bridgehead atoms. The fraction of sp³-hybridized carbons (Fsp3) is 0.462. The lowest BCUT2D eigenvalue weighted by Gasteiger charge is -2.38. The number of nitriles is 1. The molecule has 176 valence electrons. The van der Waals surface area contributed by atoms with Crippen molar-refractivity contribution in [3.8, 4) is 6.07 Å². The van der Waals surface area contributed by atoms with Crippen molar-refractivity contribution in [2.24, 2.45) is 5.73 Å². The lowest BCUT2D eigenvalue weighted by molar-refractivity contribution is -0.116. The van der Waals surface area contributed by atoms with Gasteiger partial charge in [-0.3, -0.25) is 9.69 Å². The zero-order chi connectivity index (χ0) is 23.7. The Morgan fingerprint density at radius 3 is 2.62 bits per heavy atom. The van der Waals surface area contributed by atoms with Crippen molar-refractivity contribution in [1.29, 1.82) is 5.26 Å². The van der Waals surface area contributed by atoms with Crippen molar-refractivity contribution in [2.45, 2.75) is 80.2 Å². The first-order valence-electron chi connectivity index (χ1n) is 12.2. The highest BCUT2D eigenvalue weighted by atomic mass is 32.2. The molecule has 2 heterocycles. The minimum Gasteiger partial charge on any atom is -0.384 e. The summed E-state index contributed by atoms with van der Waals surface area (Å²) in [4.78, 5) is 15.1. The number of carbonyl (C=O) groups excluding carboxylic acids is 1. The molecule has 2 aliphatic carbocycles. The maximum atomic E-state index is 13.3. The summed E-state index contributed by atoms with van der Waals surface area (Å²) in [6.45, 7) is 2.11. The molecule has 0 spiro atoms. The van der Waals surface area contributed by atoms with Crippen molar-refractivity contribution >= 4 is 34.0 Å². The number of aromatic nitrogens is 2. The van der Waals surface area contributed by atoms with Gasteiger partial charge in [0.2, 0.25) is 5.13 Å². The Balaban J connectivity index is 1.55. The number of anilines is 1. The van der Waals surface area contributed by atoms with E-state index in [0.717, 1.165) is 34.9 Å². The van der Waals surface area contributed by atoms with Crippen molar-refractivity contribution in [2.75, 3.05) is 4.90 Å². The smallest absolute Gasteiger partial charge is 0.219 e. The molecule has 1 fully saturated rings. The number of carbonyl (C=O) groups is 1. The molecule has 34 heavy (non-hydrogen) atoms. The molecule has 5 rings (SSSR count). The molecular formula is C26H29N5OS2. The first kappa shape index (κ1) is 23.1. The van der Waals surface area contributed by atoms with Crippen LogP contribution in [0.1, 0.15) is 75.3 Å². The van der Waals surface area contributed by atoms with Crippen LogP contribution in [0.3, 0.4) is 0 Å². The van der Waals surface area contributed by atoms with Gasteiger partial charge in [0, 0.05) is 22.9 Å². The predicted molar refractivity (Wildman–Crippen MR) is 136 cm³/mol. The van der Waals surface area contributed by atoms with Gasteiger partial charge >= 0.3 is 0 Å². The van der Waals surface area contributed by atoms with Crippen LogP contribution in [0.2, 0.25) is 0 Å². The van der Waals surface area contributed by atoms with Crippen molar-refractivity contribution in [3.05, 3.63) is 58.1 Å². The van der Waals surface area contributed by atoms with Gasteiger partial charge in [-0.2, -0.15) is 5.26 Å². The van der Waals surface area contributed by atoms with Crippen LogP contribution >= 0.6 is 23.1 Å². The predicted octanol–water partition coefficient (Wildman–Crippen LogP) is 5.83. The van der Waals surface area contributed by atoms with Gasteiger partial charge in [0.25, 0.3) is 0 Å². The number of nitrogens with zero attached hydrogens (tertiary/aromatic N) is 4. The number of hydrogen-bond acceptors (Lipinski definition) is 8. The second kappa shape index (κ2) is 9.93. The molecule has 0 radical (unpaired) electrons. The second-order valence-electron chi connectivity index (χ2n) is 9.14. The molecule has 1 atom stereocenters. The van der Waals surface area contributed by atoms with Crippen LogP contribution in [0.4, 0.5) is 5.13 Å². The molecule has 1 aromatic heterocycles. The van der Waals surface area contributed by atoms with Gasteiger partial charge < -0.3 is 5.73 Å². The zero-order valence-corrected chi connectivity index (χ0v) is 21.1. The fourth-order valence-electron chi connectivity index (χ4n) is 5.25. The number of thioether (sulfide) groups is 1. The molecule has 3 aliphatic rings. The Hall–Kier alpha value is -2.63. The maximum Gasteiger partial charge on any atom is 0.219 e. The highest BCUT2D eigenvalue weighted by Crippen LogP contribution is 2.47. The number of nitrogens with two attached hydrogens (primary N) is 1. The van der Waals surface area contributed by atoms with Crippen LogP contribution < -0.4 is 10.6 Å². The van der Waals surface area contributed by atoms with Crippen LogP contribution in [0.25, 0.3) is 0 Å². The van der Waals surface area contributed by atoms with Gasteiger partial charge in [-0.25, -0.2) is 0 Å². The number of rotatable bonds is 5. The lowest BCUT2D eigenvalue weighted by atomic mass is 9.75. The molecule has 6 nitrogen and oxygen atoms in total. The largest absolute Gasteiger partial charge is 0.384 e. The summed E-state index contributed by atoms with van der Waals surface area (Å²) in [7, 11) is 0. The van der Waals surface area contributed by atoms with Gasteiger partial charge in [0.15, 0.2) is 10.1 Å². The number of ketones is 1. The molecule has 8 heteroatoms. The van der Waals surface area contributed by atoms with E-state index in [1.807, 2.05) is 17.0 Å². The topological polar surface area (TPSA) is 95.9 Å². The SMILES string of the molecule is CCc1ccc(C2C(C#N)=C(N)N(c3nnc(SC4CCCCC4)s3)C3=C2C(=O)CCC3)cc1. The summed E-state index contributed by atoms with van der Waals surface area (Å²) < 4.78 is 0.926.